The number of halogens is 2. The lowest BCUT2D eigenvalue weighted by Gasteiger charge is -2.26. The number of hydrogen-bond donors (Lipinski definition) is 0. The van der Waals surface area contributed by atoms with Crippen molar-refractivity contribution < 1.29 is 13.6 Å². The fourth-order valence-corrected chi connectivity index (χ4v) is 3.41. The van der Waals surface area contributed by atoms with Crippen LogP contribution in [0.4, 0.5) is 14.5 Å². The van der Waals surface area contributed by atoms with Crippen LogP contribution in [0.5, 0.6) is 0 Å². The first kappa shape index (κ1) is 21.1. The van der Waals surface area contributed by atoms with Crippen LogP contribution in [-0.2, 0) is 6.54 Å². The lowest BCUT2D eigenvalue weighted by Crippen LogP contribution is -2.40. The van der Waals surface area contributed by atoms with E-state index in [1.807, 2.05) is 36.4 Å². The van der Waals surface area contributed by atoms with E-state index in [1.165, 1.54) is 18.0 Å². The summed E-state index contributed by atoms with van der Waals surface area (Å²) in [6.45, 7) is 1.47. The first-order valence-electron chi connectivity index (χ1n) is 9.91. The number of ketones is 1. The Labute approximate surface area is 183 Å². The molecule has 4 rings (SSSR count). The number of aromatic nitrogens is 2. The van der Waals surface area contributed by atoms with Gasteiger partial charge in [-0.3, -0.25) is 14.6 Å². The molecule has 32 heavy (non-hydrogen) atoms. The number of carbonyl (C=O) groups excluding carboxylic acids is 1. The van der Waals surface area contributed by atoms with Crippen molar-refractivity contribution in [1.29, 1.82) is 0 Å². The van der Waals surface area contributed by atoms with Gasteiger partial charge in [0.2, 0.25) is 0 Å². The number of anilines is 1. The van der Waals surface area contributed by atoms with Gasteiger partial charge in [0, 0.05) is 17.7 Å². The van der Waals surface area contributed by atoms with E-state index in [-0.39, 0.29) is 23.6 Å². The van der Waals surface area contributed by atoms with Gasteiger partial charge in [-0.1, -0.05) is 60.7 Å². The Kier molecular flexibility index (Phi) is 5.89. The fourth-order valence-electron chi connectivity index (χ4n) is 3.41. The minimum atomic E-state index is -0.783. The highest BCUT2D eigenvalue weighted by atomic mass is 19.1. The first-order chi connectivity index (χ1) is 15.4. The van der Waals surface area contributed by atoms with Gasteiger partial charge in [0.1, 0.15) is 17.3 Å². The normalized spacial score (nSPS) is 10.7. The zero-order valence-corrected chi connectivity index (χ0v) is 17.2. The quantitative estimate of drug-likeness (QED) is 0.409. The van der Waals surface area contributed by atoms with Crippen molar-refractivity contribution in [3.8, 4) is 11.3 Å². The van der Waals surface area contributed by atoms with Gasteiger partial charge in [0.05, 0.1) is 17.8 Å². The Hall–Kier alpha value is -4.13. The van der Waals surface area contributed by atoms with Crippen molar-refractivity contribution in [3.05, 3.63) is 118 Å². The van der Waals surface area contributed by atoms with Crippen LogP contribution in [0.15, 0.2) is 89.7 Å². The van der Waals surface area contributed by atoms with Gasteiger partial charge in [-0.05, 0) is 24.6 Å². The van der Waals surface area contributed by atoms with Crippen LogP contribution < -0.4 is 10.6 Å². The highest BCUT2D eigenvalue weighted by molar-refractivity contribution is 5.99. The molecule has 4 aromatic rings. The summed E-state index contributed by atoms with van der Waals surface area (Å²) in [5.41, 5.74) is 1.40. The summed E-state index contributed by atoms with van der Waals surface area (Å²) in [5.74, 6) is -1.88. The second-order valence-corrected chi connectivity index (χ2v) is 7.23. The molecule has 0 saturated carbocycles. The van der Waals surface area contributed by atoms with Crippen molar-refractivity contribution in [2.24, 2.45) is 0 Å². The lowest BCUT2D eigenvalue weighted by molar-refractivity contribution is 0.101. The van der Waals surface area contributed by atoms with Gasteiger partial charge in [-0.25, -0.2) is 8.78 Å². The van der Waals surface area contributed by atoms with Gasteiger partial charge >= 0.3 is 0 Å². The van der Waals surface area contributed by atoms with Gasteiger partial charge in [-0.2, -0.15) is 0 Å². The van der Waals surface area contributed by atoms with E-state index in [4.69, 9.17) is 0 Å². The van der Waals surface area contributed by atoms with Crippen LogP contribution in [-0.4, -0.2) is 15.7 Å². The van der Waals surface area contributed by atoms with E-state index in [0.29, 0.717) is 11.3 Å². The third-order valence-electron chi connectivity index (χ3n) is 4.89. The van der Waals surface area contributed by atoms with Crippen LogP contribution in [0.3, 0.4) is 0 Å². The summed E-state index contributed by atoms with van der Waals surface area (Å²) in [6, 6.07) is 22.3. The maximum Gasteiger partial charge on any atom is 0.287 e. The Bertz CT molecular complexity index is 1300. The van der Waals surface area contributed by atoms with Crippen molar-refractivity contribution in [2.75, 3.05) is 5.01 Å². The monoisotopic (exact) mass is 431 g/mol. The molecule has 0 bridgehead atoms. The topological polar surface area (TPSA) is 55.2 Å². The largest absolute Gasteiger partial charge is 0.294 e. The highest BCUT2D eigenvalue weighted by Gasteiger charge is 2.20. The molecule has 0 spiro atoms. The minimum absolute atomic E-state index is 0.107. The molecule has 0 amide bonds. The molecule has 0 aliphatic carbocycles. The zero-order chi connectivity index (χ0) is 22.7. The Morgan fingerprint density at radius 3 is 2.09 bits per heavy atom. The molecule has 160 valence electrons. The Balaban J connectivity index is 1.94. The van der Waals surface area contributed by atoms with Crippen LogP contribution in [0.1, 0.15) is 22.8 Å². The molecule has 0 radical (unpaired) electrons. The summed E-state index contributed by atoms with van der Waals surface area (Å²) in [4.78, 5) is 26.3. The molecular weight excluding hydrogens is 412 g/mol. The molecule has 0 fully saturated rings. The average Bonchev–Trinajstić information content (AvgIpc) is 2.78. The van der Waals surface area contributed by atoms with E-state index < -0.39 is 17.2 Å². The first-order valence-corrected chi connectivity index (χ1v) is 9.91. The van der Waals surface area contributed by atoms with Crippen molar-refractivity contribution in [3.63, 3.8) is 0 Å². The maximum atomic E-state index is 14.0. The molecule has 0 unspecified atom stereocenters. The Morgan fingerprint density at radius 2 is 1.50 bits per heavy atom. The summed E-state index contributed by atoms with van der Waals surface area (Å²) in [5, 5.41) is 5.84. The van der Waals surface area contributed by atoms with Crippen molar-refractivity contribution >= 4 is 11.5 Å². The molecule has 1 heterocycles. The number of hydrogen-bond acceptors (Lipinski definition) is 4. The number of nitrogens with zero attached hydrogens (tertiary/aromatic N) is 3. The van der Waals surface area contributed by atoms with Crippen molar-refractivity contribution in [1.82, 2.24) is 9.89 Å². The van der Waals surface area contributed by atoms with Crippen LogP contribution in [0.2, 0.25) is 0 Å². The zero-order valence-electron chi connectivity index (χ0n) is 17.2. The molecule has 0 aliphatic heterocycles. The van der Waals surface area contributed by atoms with Crippen molar-refractivity contribution in [2.45, 2.75) is 13.5 Å². The standard InChI is InChI=1S/C25H19F2N3O2/c1-17(31)23-15-24(32)30(28-25(23)19-10-6-3-7-11-19)29(16-18-8-4-2-5-9-18)22-13-20(26)12-21(27)14-22/h2-15H,16H2,1H3. The van der Waals surface area contributed by atoms with Crippen LogP contribution in [0.25, 0.3) is 11.3 Å². The van der Waals surface area contributed by atoms with Crippen LogP contribution >= 0.6 is 0 Å². The summed E-state index contributed by atoms with van der Waals surface area (Å²) < 4.78 is 28.1. The fraction of sp³-hybridized carbons (Fsp3) is 0.0800. The molecule has 1 aromatic heterocycles. The molecule has 3 aromatic carbocycles. The van der Waals surface area contributed by atoms with Gasteiger partial charge < -0.3 is 0 Å². The second kappa shape index (κ2) is 8.93. The minimum Gasteiger partial charge on any atom is -0.294 e. The molecule has 7 heteroatoms. The maximum absolute atomic E-state index is 14.0. The average molecular weight is 431 g/mol. The molecule has 0 aliphatic rings. The number of Topliss-reactive ketones (excluding diaryl/α,β-unsaturated/α-hetero) is 1. The molecule has 0 N–H and O–H groups in total. The number of carbonyl (C=O) groups is 1. The van der Waals surface area contributed by atoms with E-state index in [9.17, 15) is 18.4 Å². The summed E-state index contributed by atoms with van der Waals surface area (Å²) in [6.07, 6.45) is 0. The molecular formula is C25H19F2N3O2. The third kappa shape index (κ3) is 4.46. The molecule has 0 atom stereocenters. The SMILES string of the molecule is CC(=O)c1cc(=O)n(N(Cc2ccccc2)c2cc(F)cc(F)c2)nc1-c1ccccc1. The van der Waals surface area contributed by atoms with E-state index in [1.54, 1.807) is 24.3 Å². The van der Waals surface area contributed by atoms with E-state index in [0.717, 1.165) is 28.6 Å². The summed E-state index contributed by atoms with van der Waals surface area (Å²) >= 11 is 0. The molecule has 0 saturated heterocycles. The summed E-state index contributed by atoms with van der Waals surface area (Å²) in [7, 11) is 0. The van der Waals surface area contributed by atoms with Gasteiger partial charge in [-0.15, -0.1) is 9.89 Å². The molecule has 5 nitrogen and oxygen atoms in total. The Morgan fingerprint density at radius 1 is 0.906 bits per heavy atom. The smallest absolute Gasteiger partial charge is 0.287 e. The number of rotatable bonds is 6. The van der Waals surface area contributed by atoms with Gasteiger partial charge in [0.15, 0.2) is 5.78 Å². The van der Waals surface area contributed by atoms with E-state index >= 15 is 0 Å². The van der Waals surface area contributed by atoms with Crippen LogP contribution in [0, 0.1) is 11.6 Å². The lowest BCUT2D eigenvalue weighted by atomic mass is 10.0. The highest BCUT2D eigenvalue weighted by Crippen LogP contribution is 2.24. The number of benzene rings is 3. The third-order valence-corrected chi connectivity index (χ3v) is 4.89. The predicted molar refractivity (Wildman–Crippen MR) is 118 cm³/mol. The van der Waals surface area contributed by atoms with E-state index in [2.05, 4.69) is 5.10 Å². The second-order valence-electron chi connectivity index (χ2n) is 7.23. The van der Waals surface area contributed by atoms with Gasteiger partial charge in [0.25, 0.3) is 5.56 Å². The predicted octanol–water partition coefficient (Wildman–Crippen LogP) is 4.86.